The molecular formula is C17H16Cl2N2O3S. The Hall–Kier alpha value is -1.63. The van der Waals surface area contributed by atoms with Crippen LogP contribution in [0.3, 0.4) is 0 Å². The maximum atomic E-state index is 12.5. The van der Waals surface area contributed by atoms with Gasteiger partial charge in [-0.3, -0.25) is 9.59 Å². The Morgan fingerprint density at radius 2 is 2.16 bits per heavy atom. The normalized spacial score (nSPS) is 17.0. The summed E-state index contributed by atoms with van der Waals surface area (Å²) in [5, 5.41) is 12.6. The molecule has 0 saturated carbocycles. The third-order valence-corrected chi connectivity index (χ3v) is 5.63. The lowest BCUT2D eigenvalue weighted by atomic mass is 10.1. The van der Waals surface area contributed by atoms with Crippen molar-refractivity contribution in [1.82, 2.24) is 9.88 Å². The van der Waals surface area contributed by atoms with Crippen molar-refractivity contribution in [1.29, 1.82) is 0 Å². The van der Waals surface area contributed by atoms with Gasteiger partial charge in [0.05, 0.1) is 23.6 Å². The van der Waals surface area contributed by atoms with E-state index in [1.165, 1.54) is 11.3 Å². The summed E-state index contributed by atoms with van der Waals surface area (Å²) < 4.78 is 0. The van der Waals surface area contributed by atoms with E-state index in [-0.39, 0.29) is 24.8 Å². The number of carbonyl (C=O) groups excluding carboxylic acids is 1. The topological polar surface area (TPSA) is 70.5 Å². The smallest absolute Gasteiger partial charge is 0.305 e. The molecule has 5 nitrogen and oxygen atoms in total. The van der Waals surface area contributed by atoms with Gasteiger partial charge in [0.2, 0.25) is 5.91 Å². The van der Waals surface area contributed by atoms with E-state index in [4.69, 9.17) is 28.3 Å². The Balaban J connectivity index is 1.70. The van der Waals surface area contributed by atoms with E-state index in [1.54, 1.807) is 23.1 Å². The predicted molar refractivity (Wildman–Crippen MR) is 98.3 cm³/mol. The molecule has 1 aliphatic heterocycles. The van der Waals surface area contributed by atoms with E-state index in [2.05, 4.69) is 4.98 Å². The number of carboxylic acids is 1. The lowest BCUT2D eigenvalue weighted by Crippen LogP contribution is -2.37. The summed E-state index contributed by atoms with van der Waals surface area (Å²) in [5.74, 6) is -0.958. The van der Waals surface area contributed by atoms with Gasteiger partial charge >= 0.3 is 5.97 Å². The number of amides is 1. The Kier molecular flexibility index (Phi) is 5.61. The largest absolute Gasteiger partial charge is 0.481 e. The fourth-order valence-electron chi connectivity index (χ4n) is 3.01. The van der Waals surface area contributed by atoms with Gasteiger partial charge in [0.15, 0.2) is 0 Å². The first kappa shape index (κ1) is 18.2. The maximum absolute atomic E-state index is 12.5. The number of hydrogen-bond donors (Lipinski definition) is 1. The van der Waals surface area contributed by atoms with Crippen LogP contribution in [0.5, 0.6) is 0 Å². The maximum Gasteiger partial charge on any atom is 0.305 e. The average Bonchev–Trinajstić information content (AvgIpc) is 3.16. The van der Waals surface area contributed by atoms with Crippen molar-refractivity contribution < 1.29 is 14.7 Å². The standard InChI is InChI=1S/C17H16Cl2N2O3S/c18-10-3-4-13(14(19)6-10)17-20-11(9-25-17)7-15(22)21-5-1-2-12(21)8-16(23)24/h3-4,6,9,12H,1-2,5,7-8H2,(H,23,24). The van der Waals surface area contributed by atoms with Gasteiger partial charge in [-0.2, -0.15) is 0 Å². The molecule has 1 amide bonds. The van der Waals surface area contributed by atoms with Crippen LogP contribution < -0.4 is 0 Å². The summed E-state index contributed by atoms with van der Waals surface area (Å²) in [6, 6.07) is 4.99. The second kappa shape index (κ2) is 7.72. The SMILES string of the molecule is O=C(O)CC1CCCN1C(=O)Cc1csc(-c2ccc(Cl)cc2Cl)n1. The molecule has 1 aromatic carbocycles. The third kappa shape index (κ3) is 4.32. The Bertz CT molecular complexity index is 809. The van der Waals surface area contributed by atoms with Crippen LogP contribution in [0.25, 0.3) is 10.6 Å². The zero-order valence-electron chi connectivity index (χ0n) is 13.2. The molecule has 132 valence electrons. The van der Waals surface area contributed by atoms with Crippen molar-refractivity contribution in [3.8, 4) is 10.6 Å². The number of nitrogens with zero attached hydrogens (tertiary/aromatic N) is 2. The summed E-state index contributed by atoms with van der Waals surface area (Å²) in [6.07, 6.45) is 1.74. The zero-order valence-corrected chi connectivity index (χ0v) is 15.6. The number of halogens is 2. The minimum atomic E-state index is -0.877. The summed E-state index contributed by atoms with van der Waals surface area (Å²) in [7, 11) is 0. The molecule has 1 N–H and O–H groups in total. The summed E-state index contributed by atoms with van der Waals surface area (Å²) in [5.41, 5.74) is 1.44. The Morgan fingerprint density at radius 1 is 1.36 bits per heavy atom. The van der Waals surface area contributed by atoms with Gasteiger partial charge in [-0.05, 0) is 31.0 Å². The molecule has 1 atom stereocenters. The van der Waals surface area contributed by atoms with Crippen LogP contribution in [0.2, 0.25) is 10.0 Å². The number of carbonyl (C=O) groups is 2. The Labute approximate surface area is 159 Å². The van der Waals surface area contributed by atoms with E-state index in [9.17, 15) is 9.59 Å². The molecule has 2 heterocycles. The summed E-state index contributed by atoms with van der Waals surface area (Å²) >= 11 is 13.5. The monoisotopic (exact) mass is 398 g/mol. The second-order valence-corrected chi connectivity index (χ2v) is 7.63. The van der Waals surface area contributed by atoms with Gasteiger partial charge in [-0.15, -0.1) is 11.3 Å². The van der Waals surface area contributed by atoms with Gasteiger partial charge < -0.3 is 10.0 Å². The van der Waals surface area contributed by atoms with Gasteiger partial charge in [0.25, 0.3) is 0 Å². The zero-order chi connectivity index (χ0) is 18.0. The fraction of sp³-hybridized carbons (Fsp3) is 0.353. The number of carboxylic acid groups (broad SMARTS) is 1. The highest BCUT2D eigenvalue weighted by Crippen LogP contribution is 2.32. The Morgan fingerprint density at radius 3 is 2.88 bits per heavy atom. The number of rotatable bonds is 5. The summed E-state index contributed by atoms with van der Waals surface area (Å²) in [4.78, 5) is 29.6. The molecule has 0 spiro atoms. The highest BCUT2D eigenvalue weighted by molar-refractivity contribution is 7.13. The van der Waals surface area contributed by atoms with Crippen LogP contribution >= 0.6 is 34.5 Å². The second-order valence-electron chi connectivity index (χ2n) is 5.93. The lowest BCUT2D eigenvalue weighted by Gasteiger charge is -2.23. The molecule has 1 aliphatic rings. The van der Waals surface area contributed by atoms with Gasteiger partial charge in [-0.1, -0.05) is 23.2 Å². The first-order chi connectivity index (χ1) is 11.9. The van der Waals surface area contributed by atoms with Crippen LogP contribution in [-0.2, 0) is 16.0 Å². The van der Waals surface area contributed by atoms with E-state index in [0.29, 0.717) is 22.3 Å². The minimum absolute atomic E-state index is 0.00552. The summed E-state index contributed by atoms with van der Waals surface area (Å²) in [6.45, 7) is 0.608. The van der Waals surface area contributed by atoms with Crippen molar-refractivity contribution in [3.05, 3.63) is 39.3 Å². The third-order valence-electron chi connectivity index (χ3n) is 4.15. The van der Waals surface area contributed by atoms with Gasteiger partial charge in [0, 0.05) is 28.6 Å². The molecule has 8 heteroatoms. The average molecular weight is 399 g/mol. The van der Waals surface area contributed by atoms with Gasteiger partial charge in [-0.25, -0.2) is 4.98 Å². The van der Waals surface area contributed by atoms with E-state index in [1.807, 2.05) is 5.38 Å². The minimum Gasteiger partial charge on any atom is -0.481 e. The molecule has 0 aliphatic carbocycles. The van der Waals surface area contributed by atoms with E-state index >= 15 is 0 Å². The van der Waals surface area contributed by atoms with Crippen LogP contribution in [-0.4, -0.2) is 39.5 Å². The fourth-order valence-corrected chi connectivity index (χ4v) is 4.42. The molecular weight excluding hydrogens is 383 g/mol. The first-order valence-electron chi connectivity index (χ1n) is 7.85. The highest BCUT2D eigenvalue weighted by atomic mass is 35.5. The van der Waals surface area contributed by atoms with Crippen molar-refractivity contribution >= 4 is 46.4 Å². The van der Waals surface area contributed by atoms with Crippen molar-refractivity contribution in [3.63, 3.8) is 0 Å². The van der Waals surface area contributed by atoms with Crippen LogP contribution in [0.1, 0.15) is 25.0 Å². The molecule has 1 fully saturated rings. The number of aliphatic carboxylic acids is 1. The van der Waals surface area contributed by atoms with Crippen LogP contribution in [0.4, 0.5) is 0 Å². The van der Waals surface area contributed by atoms with Crippen molar-refractivity contribution in [2.24, 2.45) is 0 Å². The number of hydrogen-bond acceptors (Lipinski definition) is 4. The molecule has 0 radical (unpaired) electrons. The van der Waals surface area contributed by atoms with Crippen molar-refractivity contribution in [2.75, 3.05) is 6.54 Å². The molecule has 0 bridgehead atoms. The molecule has 1 saturated heterocycles. The lowest BCUT2D eigenvalue weighted by molar-refractivity contribution is -0.139. The van der Waals surface area contributed by atoms with E-state index in [0.717, 1.165) is 23.4 Å². The van der Waals surface area contributed by atoms with E-state index < -0.39 is 5.97 Å². The number of aromatic nitrogens is 1. The van der Waals surface area contributed by atoms with Crippen LogP contribution in [0.15, 0.2) is 23.6 Å². The molecule has 2 aromatic rings. The quantitative estimate of drug-likeness (QED) is 0.821. The highest BCUT2D eigenvalue weighted by Gasteiger charge is 2.30. The van der Waals surface area contributed by atoms with Crippen LogP contribution in [0, 0.1) is 0 Å². The van der Waals surface area contributed by atoms with Gasteiger partial charge in [0.1, 0.15) is 5.01 Å². The first-order valence-corrected chi connectivity index (χ1v) is 9.48. The molecule has 3 rings (SSSR count). The number of likely N-dealkylation sites (tertiary alicyclic amines) is 1. The number of benzene rings is 1. The van der Waals surface area contributed by atoms with Crippen molar-refractivity contribution in [2.45, 2.75) is 31.7 Å². The molecule has 25 heavy (non-hydrogen) atoms. The molecule has 1 unspecified atom stereocenters. The number of thiazole rings is 1. The molecule has 1 aromatic heterocycles. The predicted octanol–water partition coefficient (Wildman–Crippen LogP) is 4.13.